The van der Waals surface area contributed by atoms with Gasteiger partial charge >= 0.3 is 0 Å². The number of nitro groups is 1. The first-order chi connectivity index (χ1) is 11.5. The summed E-state index contributed by atoms with van der Waals surface area (Å²) in [5.74, 6) is 0.658. The van der Waals surface area contributed by atoms with Crippen molar-refractivity contribution in [2.45, 2.75) is 18.4 Å². The minimum atomic E-state index is -0.426. The predicted octanol–water partition coefficient (Wildman–Crippen LogP) is 5.84. The van der Waals surface area contributed by atoms with Crippen LogP contribution in [-0.2, 0) is 0 Å². The lowest BCUT2D eigenvalue weighted by atomic mass is 9.77. The number of allylic oxidation sites excluding steroid dienone is 2. The van der Waals surface area contributed by atoms with Crippen LogP contribution in [-0.4, -0.2) is 4.92 Å². The molecule has 1 aliphatic carbocycles. The summed E-state index contributed by atoms with van der Waals surface area (Å²) in [6.07, 6.45) is 5.39. The predicted molar refractivity (Wildman–Crippen MR) is 98.6 cm³/mol. The van der Waals surface area contributed by atoms with E-state index in [9.17, 15) is 10.1 Å². The van der Waals surface area contributed by atoms with Gasteiger partial charge in [-0.2, -0.15) is 0 Å². The van der Waals surface area contributed by atoms with Crippen LogP contribution >= 0.6 is 27.5 Å². The van der Waals surface area contributed by atoms with Gasteiger partial charge in [0.15, 0.2) is 0 Å². The van der Waals surface area contributed by atoms with Crippen LogP contribution in [0.3, 0.4) is 0 Å². The number of anilines is 1. The summed E-state index contributed by atoms with van der Waals surface area (Å²) < 4.78 is 1.06. The highest BCUT2D eigenvalue weighted by Crippen LogP contribution is 2.50. The number of hydrogen-bond donors (Lipinski definition) is 1. The molecule has 1 aliphatic heterocycles. The number of halogens is 2. The maximum atomic E-state index is 11.2. The molecule has 0 bridgehead atoms. The van der Waals surface area contributed by atoms with E-state index in [0.717, 1.165) is 22.1 Å². The Balaban J connectivity index is 1.79. The zero-order valence-electron chi connectivity index (χ0n) is 12.6. The highest BCUT2D eigenvalue weighted by molar-refractivity contribution is 9.10. The Hall–Kier alpha value is -1.85. The normalized spacial score (nSPS) is 24.2. The van der Waals surface area contributed by atoms with Gasteiger partial charge in [-0.3, -0.25) is 10.1 Å². The van der Waals surface area contributed by atoms with Crippen LogP contribution in [0.4, 0.5) is 11.4 Å². The van der Waals surface area contributed by atoms with E-state index in [0.29, 0.717) is 11.8 Å². The number of fused-ring (bicyclic) bond motifs is 3. The first-order valence-electron chi connectivity index (χ1n) is 7.71. The molecule has 4 rings (SSSR count). The molecule has 3 unspecified atom stereocenters. The van der Waals surface area contributed by atoms with E-state index in [1.165, 1.54) is 5.56 Å². The average Bonchev–Trinajstić information content (AvgIpc) is 3.04. The third-order valence-electron chi connectivity index (χ3n) is 4.85. The van der Waals surface area contributed by atoms with Crippen LogP contribution in [0.1, 0.15) is 29.5 Å². The SMILES string of the molecule is O=[N+]([O-])c1cc(C2Nc3ccc(Br)cc3C3C=CCC32)ccc1Cl. The third kappa shape index (κ3) is 2.52. The third-order valence-corrected chi connectivity index (χ3v) is 5.66. The molecule has 6 heteroatoms. The Kier molecular flexibility index (Phi) is 3.85. The van der Waals surface area contributed by atoms with E-state index in [1.54, 1.807) is 12.1 Å². The molecule has 24 heavy (non-hydrogen) atoms. The van der Waals surface area contributed by atoms with E-state index in [1.807, 2.05) is 12.1 Å². The first-order valence-corrected chi connectivity index (χ1v) is 8.88. The molecule has 0 amide bonds. The summed E-state index contributed by atoms with van der Waals surface area (Å²) >= 11 is 9.50. The molecular weight excluding hydrogens is 392 g/mol. The summed E-state index contributed by atoms with van der Waals surface area (Å²) in [5.41, 5.74) is 3.20. The second-order valence-electron chi connectivity index (χ2n) is 6.18. The Morgan fingerprint density at radius 2 is 2.08 bits per heavy atom. The number of nitrogens with zero attached hydrogens (tertiary/aromatic N) is 1. The number of nitro benzene ring substituents is 1. The van der Waals surface area contributed by atoms with E-state index in [2.05, 4.69) is 45.5 Å². The van der Waals surface area contributed by atoms with Gasteiger partial charge < -0.3 is 5.32 Å². The standard InChI is InChI=1S/C18H14BrClN2O2/c19-11-5-7-16-14(9-11)12-2-1-3-13(12)18(21-16)10-4-6-15(20)17(8-10)22(23)24/h1-2,4-9,12-13,18,21H,3H2. The van der Waals surface area contributed by atoms with Gasteiger partial charge in [0.25, 0.3) is 5.69 Å². The molecule has 3 atom stereocenters. The highest BCUT2D eigenvalue weighted by Gasteiger charge is 2.38. The van der Waals surface area contributed by atoms with Gasteiger partial charge in [0, 0.05) is 22.1 Å². The van der Waals surface area contributed by atoms with Crippen LogP contribution < -0.4 is 5.32 Å². The Labute approximate surface area is 152 Å². The lowest BCUT2D eigenvalue weighted by molar-refractivity contribution is -0.384. The smallest absolute Gasteiger partial charge is 0.288 e. The lowest BCUT2D eigenvalue weighted by Gasteiger charge is -2.37. The van der Waals surface area contributed by atoms with E-state index in [-0.39, 0.29) is 16.8 Å². The van der Waals surface area contributed by atoms with Crippen LogP contribution in [0.25, 0.3) is 0 Å². The molecule has 0 saturated heterocycles. The van der Waals surface area contributed by atoms with Crippen molar-refractivity contribution >= 4 is 38.9 Å². The van der Waals surface area contributed by atoms with Gasteiger partial charge in [-0.15, -0.1) is 0 Å². The van der Waals surface area contributed by atoms with Crippen molar-refractivity contribution in [3.8, 4) is 0 Å². The topological polar surface area (TPSA) is 55.2 Å². The monoisotopic (exact) mass is 404 g/mol. The zero-order valence-corrected chi connectivity index (χ0v) is 14.9. The van der Waals surface area contributed by atoms with Gasteiger partial charge in [-0.25, -0.2) is 0 Å². The molecule has 122 valence electrons. The van der Waals surface area contributed by atoms with Crippen molar-refractivity contribution in [1.82, 2.24) is 0 Å². The largest absolute Gasteiger partial charge is 0.378 e. The summed E-state index contributed by atoms with van der Waals surface area (Å²) in [5, 5.41) is 14.9. The second-order valence-corrected chi connectivity index (χ2v) is 7.50. The fourth-order valence-electron chi connectivity index (χ4n) is 3.76. The molecular formula is C18H14BrClN2O2. The summed E-state index contributed by atoms with van der Waals surface area (Å²) in [6.45, 7) is 0. The van der Waals surface area contributed by atoms with Gasteiger partial charge in [0.05, 0.1) is 11.0 Å². The van der Waals surface area contributed by atoms with Crippen LogP contribution in [0.5, 0.6) is 0 Å². The van der Waals surface area contributed by atoms with Crippen molar-refractivity contribution in [2.75, 3.05) is 5.32 Å². The van der Waals surface area contributed by atoms with Crippen molar-refractivity contribution in [1.29, 1.82) is 0 Å². The van der Waals surface area contributed by atoms with Gasteiger partial charge in [-0.05, 0) is 47.7 Å². The van der Waals surface area contributed by atoms with E-state index >= 15 is 0 Å². The number of rotatable bonds is 2. The molecule has 2 aromatic rings. The summed E-state index contributed by atoms with van der Waals surface area (Å²) in [6, 6.07) is 11.3. The zero-order chi connectivity index (χ0) is 16.8. The molecule has 2 aromatic carbocycles. The molecule has 0 fully saturated rings. The molecule has 0 aromatic heterocycles. The van der Waals surface area contributed by atoms with Crippen molar-refractivity contribution in [3.05, 3.63) is 79.3 Å². The average molecular weight is 406 g/mol. The van der Waals surface area contributed by atoms with E-state index < -0.39 is 4.92 Å². The van der Waals surface area contributed by atoms with Gasteiger partial charge in [0.2, 0.25) is 0 Å². The fourth-order valence-corrected chi connectivity index (χ4v) is 4.32. The molecule has 4 nitrogen and oxygen atoms in total. The molecule has 0 spiro atoms. The van der Waals surface area contributed by atoms with Gasteiger partial charge in [0.1, 0.15) is 5.02 Å². The van der Waals surface area contributed by atoms with Crippen LogP contribution in [0.15, 0.2) is 53.0 Å². The van der Waals surface area contributed by atoms with Gasteiger partial charge in [-0.1, -0.05) is 45.7 Å². The summed E-state index contributed by atoms with van der Waals surface area (Å²) in [7, 11) is 0. The number of nitrogens with one attached hydrogen (secondary N) is 1. The molecule has 0 saturated carbocycles. The number of hydrogen-bond acceptors (Lipinski definition) is 3. The molecule has 1 N–H and O–H groups in total. The molecule has 1 heterocycles. The molecule has 0 radical (unpaired) electrons. The Morgan fingerprint density at radius 1 is 1.25 bits per heavy atom. The van der Waals surface area contributed by atoms with Crippen molar-refractivity contribution < 1.29 is 4.92 Å². The lowest BCUT2D eigenvalue weighted by Crippen LogP contribution is -2.29. The Morgan fingerprint density at radius 3 is 2.88 bits per heavy atom. The minimum Gasteiger partial charge on any atom is -0.378 e. The molecule has 2 aliphatic rings. The van der Waals surface area contributed by atoms with Crippen molar-refractivity contribution in [3.63, 3.8) is 0 Å². The fraction of sp³-hybridized carbons (Fsp3) is 0.222. The first kappa shape index (κ1) is 15.7. The van der Waals surface area contributed by atoms with Crippen LogP contribution in [0, 0.1) is 16.0 Å². The quantitative estimate of drug-likeness (QED) is 0.388. The van der Waals surface area contributed by atoms with Crippen LogP contribution in [0.2, 0.25) is 5.02 Å². The second kappa shape index (κ2) is 5.90. The maximum Gasteiger partial charge on any atom is 0.288 e. The van der Waals surface area contributed by atoms with E-state index in [4.69, 9.17) is 11.6 Å². The minimum absolute atomic E-state index is 0.0228. The maximum absolute atomic E-state index is 11.2. The number of benzene rings is 2. The Bertz CT molecular complexity index is 868. The van der Waals surface area contributed by atoms with Crippen molar-refractivity contribution in [2.24, 2.45) is 5.92 Å². The summed E-state index contributed by atoms with van der Waals surface area (Å²) in [4.78, 5) is 10.8. The highest BCUT2D eigenvalue weighted by atomic mass is 79.9.